The first-order valence-corrected chi connectivity index (χ1v) is 6.83. The molecular formula is C15H18N2O2. The van der Waals surface area contributed by atoms with Crippen molar-refractivity contribution in [2.24, 2.45) is 5.10 Å². The lowest BCUT2D eigenvalue weighted by atomic mass is 10.1. The summed E-state index contributed by atoms with van der Waals surface area (Å²) in [6.07, 6.45) is 3.22. The molecule has 0 aromatic heterocycles. The summed E-state index contributed by atoms with van der Waals surface area (Å²) in [7, 11) is 0. The number of carbonyl (C=O) groups excluding carboxylic acids is 1. The fourth-order valence-electron chi connectivity index (χ4n) is 2.63. The molecule has 2 aliphatic rings. The second kappa shape index (κ2) is 5.53. The molecule has 4 heteroatoms. The highest BCUT2D eigenvalue weighted by molar-refractivity contribution is 6.05. The monoisotopic (exact) mass is 258 g/mol. The van der Waals surface area contributed by atoms with Gasteiger partial charge in [0.05, 0.1) is 24.8 Å². The van der Waals surface area contributed by atoms with Gasteiger partial charge in [0.2, 0.25) is 5.91 Å². The molecule has 19 heavy (non-hydrogen) atoms. The van der Waals surface area contributed by atoms with Crippen LogP contribution in [-0.2, 0) is 16.0 Å². The molecule has 1 aromatic carbocycles. The maximum absolute atomic E-state index is 12.0. The van der Waals surface area contributed by atoms with Gasteiger partial charge in [-0.2, -0.15) is 5.10 Å². The SMILES string of the molecule is O=C1CC(Cc2ccccc2)=NN1C1CCCOC1. The largest absolute Gasteiger partial charge is 0.379 e. The van der Waals surface area contributed by atoms with Crippen LogP contribution < -0.4 is 0 Å². The normalized spacial score (nSPS) is 23.6. The van der Waals surface area contributed by atoms with Gasteiger partial charge in [0.1, 0.15) is 0 Å². The number of benzene rings is 1. The van der Waals surface area contributed by atoms with Crippen LogP contribution >= 0.6 is 0 Å². The highest BCUT2D eigenvalue weighted by Crippen LogP contribution is 2.20. The summed E-state index contributed by atoms with van der Waals surface area (Å²) < 4.78 is 5.43. The molecule has 1 saturated heterocycles. The molecule has 0 N–H and O–H groups in total. The Balaban J connectivity index is 1.68. The third-order valence-electron chi connectivity index (χ3n) is 3.59. The number of hydrogen-bond donors (Lipinski definition) is 0. The Hall–Kier alpha value is -1.68. The lowest BCUT2D eigenvalue weighted by molar-refractivity contribution is -0.133. The lowest BCUT2D eigenvalue weighted by Gasteiger charge is -2.27. The molecule has 100 valence electrons. The topological polar surface area (TPSA) is 41.9 Å². The summed E-state index contributed by atoms with van der Waals surface area (Å²) in [6.45, 7) is 1.42. The summed E-state index contributed by atoms with van der Waals surface area (Å²) in [5, 5.41) is 6.16. The van der Waals surface area contributed by atoms with Crippen LogP contribution in [0, 0.1) is 0 Å². The summed E-state index contributed by atoms with van der Waals surface area (Å²) in [5.41, 5.74) is 2.16. The molecule has 3 rings (SSSR count). The van der Waals surface area contributed by atoms with E-state index < -0.39 is 0 Å². The second-order valence-corrected chi connectivity index (χ2v) is 5.11. The van der Waals surface area contributed by atoms with E-state index >= 15 is 0 Å². The number of hydrazone groups is 1. The average molecular weight is 258 g/mol. The van der Waals surface area contributed by atoms with Gasteiger partial charge in [-0.1, -0.05) is 30.3 Å². The van der Waals surface area contributed by atoms with Crippen molar-refractivity contribution in [2.45, 2.75) is 31.7 Å². The van der Waals surface area contributed by atoms with Crippen molar-refractivity contribution in [1.29, 1.82) is 0 Å². The van der Waals surface area contributed by atoms with Gasteiger partial charge in [-0.15, -0.1) is 0 Å². The van der Waals surface area contributed by atoms with Crippen molar-refractivity contribution in [2.75, 3.05) is 13.2 Å². The van der Waals surface area contributed by atoms with E-state index in [-0.39, 0.29) is 11.9 Å². The van der Waals surface area contributed by atoms with Crippen molar-refractivity contribution in [3.63, 3.8) is 0 Å². The zero-order chi connectivity index (χ0) is 13.1. The number of amides is 1. The minimum atomic E-state index is 0.112. The van der Waals surface area contributed by atoms with E-state index in [1.54, 1.807) is 5.01 Å². The van der Waals surface area contributed by atoms with E-state index in [1.165, 1.54) is 5.56 Å². The molecule has 1 aromatic rings. The Labute approximate surface area is 113 Å². The van der Waals surface area contributed by atoms with Gasteiger partial charge >= 0.3 is 0 Å². The average Bonchev–Trinajstić information content (AvgIpc) is 2.82. The van der Waals surface area contributed by atoms with Gasteiger partial charge < -0.3 is 4.74 Å². The Morgan fingerprint density at radius 1 is 1.32 bits per heavy atom. The Bertz CT molecular complexity index is 478. The second-order valence-electron chi connectivity index (χ2n) is 5.11. The highest BCUT2D eigenvalue weighted by atomic mass is 16.5. The van der Waals surface area contributed by atoms with Crippen LogP contribution in [0.5, 0.6) is 0 Å². The Morgan fingerprint density at radius 3 is 2.89 bits per heavy atom. The fraction of sp³-hybridized carbons (Fsp3) is 0.467. The Morgan fingerprint density at radius 2 is 2.16 bits per heavy atom. The van der Waals surface area contributed by atoms with E-state index in [4.69, 9.17) is 4.74 Å². The van der Waals surface area contributed by atoms with Crippen molar-refractivity contribution >= 4 is 11.6 Å². The van der Waals surface area contributed by atoms with Crippen LogP contribution in [0.1, 0.15) is 24.8 Å². The van der Waals surface area contributed by atoms with Crippen LogP contribution in [0.15, 0.2) is 35.4 Å². The molecule has 1 fully saturated rings. The molecule has 2 heterocycles. The highest BCUT2D eigenvalue weighted by Gasteiger charge is 2.31. The maximum atomic E-state index is 12.0. The first-order chi connectivity index (χ1) is 9.33. The van der Waals surface area contributed by atoms with Crippen molar-refractivity contribution in [3.8, 4) is 0 Å². The molecule has 0 bridgehead atoms. The smallest absolute Gasteiger partial charge is 0.248 e. The van der Waals surface area contributed by atoms with E-state index in [2.05, 4.69) is 17.2 Å². The minimum absolute atomic E-state index is 0.112. The van der Waals surface area contributed by atoms with Crippen LogP contribution in [0.4, 0.5) is 0 Å². The maximum Gasteiger partial charge on any atom is 0.248 e. The molecule has 1 atom stereocenters. The number of hydrogen-bond acceptors (Lipinski definition) is 3. The lowest BCUT2D eigenvalue weighted by Crippen LogP contribution is -2.39. The van der Waals surface area contributed by atoms with Crippen LogP contribution in [0.25, 0.3) is 0 Å². The number of rotatable bonds is 3. The summed E-state index contributed by atoms with van der Waals surface area (Å²) in [5.74, 6) is 0.112. The van der Waals surface area contributed by atoms with Crippen LogP contribution in [0.2, 0.25) is 0 Å². The van der Waals surface area contributed by atoms with Gasteiger partial charge in [-0.05, 0) is 18.4 Å². The summed E-state index contributed by atoms with van der Waals surface area (Å²) in [6, 6.07) is 10.3. The van der Waals surface area contributed by atoms with E-state index in [1.807, 2.05) is 18.2 Å². The van der Waals surface area contributed by atoms with E-state index in [0.717, 1.165) is 31.6 Å². The van der Waals surface area contributed by atoms with E-state index in [0.29, 0.717) is 13.0 Å². The van der Waals surface area contributed by atoms with Gasteiger partial charge in [-0.3, -0.25) is 4.79 Å². The fourth-order valence-corrected chi connectivity index (χ4v) is 2.63. The molecule has 1 amide bonds. The third-order valence-corrected chi connectivity index (χ3v) is 3.59. The molecular weight excluding hydrogens is 240 g/mol. The predicted molar refractivity (Wildman–Crippen MR) is 72.9 cm³/mol. The quantitative estimate of drug-likeness (QED) is 0.832. The van der Waals surface area contributed by atoms with Crippen LogP contribution in [0.3, 0.4) is 0 Å². The zero-order valence-corrected chi connectivity index (χ0v) is 10.9. The van der Waals surface area contributed by atoms with Gasteiger partial charge in [0, 0.05) is 13.0 Å². The predicted octanol–water partition coefficient (Wildman–Crippen LogP) is 2.00. The number of carbonyl (C=O) groups is 1. The van der Waals surface area contributed by atoms with Crippen molar-refractivity contribution < 1.29 is 9.53 Å². The Kier molecular flexibility index (Phi) is 3.60. The van der Waals surface area contributed by atoms with Crippen LogP contribution in [-0.4, -0.2) is 35.9 Å². The van der Waals surface area contributed by atoms with E-state index in [9.17, 15) is 4.79 Å². The zero-order valence-electron chi connectivity index (χ0n) is 10.9. The standard InChI is InChI=1S/C15H18N2O2/c18-15-10-13(9-12-5-2-1-3-6-12)16-17(15)14-7-4-8-19-11-14/h1-3,5-6,14H,4,7-11H2. The van der Waals surface area contributed by atoms with Gasteiger partial charge in [-0.25, -0.2) is 5.01 Å². The van der Waals surface area contributed by atoms with Crippen molar-refractivity contribution in [3.05, 3.63) is 35.9 Å². The first kappa shape index (κ1) is 12.4. The first-order valence-electron chi connectivity index (χ1n) is 6.83. The minimum Gasteiger partial charge on any atom is -0.379 e. The molecule has 1 unspecified atom stereocenters. The summed E-state index contributed by atoms with van der Waals surface area (Å²) in [4.78, 5) is 12.0. The molecule has 0 aliphatic carbocycles. The number of nitrogens with zero attached hydrogens (tertiary/aromatic N) is 2. The summed E-state index contributed by atoms with van der Waals surface area (Å²) >= 11 is 0. The van der Waals surface area contributed by atoms with Gasteiger partial charge in [0.25, 0.3) is 0 Å². The molecule has 4 nitrogen and oxygen atoms in total. The number of ether oxygens (including phenoxy) is 1. The van der Waals surface area contributed by atoms with Crippen molar-refractivity contribution in [1.82, 2.24) is 5.01 Å². The molecule has 0 spiro atoms. The van der Waals surface area contributed by atoms with Gasteiger partial charge in [0.15, 0.2) is 0 Å². The third kappa shape index (κ3) is 2.84. The molecule has 0 radical (unpaired) electrons. The molecule has 0 saturated carbocycles. The molecule has 2 aliphatic heterocycles.